The van der Waals surface area contributed by atoms with Crippen LogP contribution in [0, 0.1) is 0 Å². The zero-order chi connectivity index (χ0) is 14.0. The molecular formula is C13H18O4S. The predicted molar refractivity (Wildman–Crippen MR) is 69.4 cm³/mol. The standard InChI is InChI=1S/C13H18O4S/c1-13(2,9-8-12(14)15)10-4-6-11(7-5-10)18(3,16)17/h4-7H,8-9H2,1-3H3,(H,14,15). The van der Waals surface area contributed by atoms with E-state index in [-0.39, 0.29) is 16.7 Å². The first-order valence-corrected chi connectivity index (χ1v) is 7.54. The first-order valence-electron chi connectivity index (χ1n) is 5.65. The fraction of sp³-hybridized carbons (Fsp3) is 0.462. The van der Waals surface area contributed by atoms with E-state index in [1.54, 1.807) is 24.3 Å². The van der Waals surface area contributed by atoms with Gasteiger partial charge >= 0.3 is 5.97 Å². The summed E-state index contributed by atoms with van der Waals surface area (Å²) in [6.45, 7) is 3.90. The normalized spacial score (nSPS) is 12.4. The number of rotatable bonds is 5. The summed E-state index contributed by atoms with van der Waals surface area (Å²) in [5, 5.41) is 8.70. The van der Waals surface area contributed by atoms with E-state index >= 15 is 0 Å². The number of carboxylic acids is 1. The molecule has 0 heterocycles. The highest BCUT2D eigenvalue weighted by Gasteiger charge is 2.22. The van der Waals surface area contributed by atoms with Gasteiger partial charge in [-0.2, -0.15) is 0 Å². The number of carboxylic acid groups (broad SMARTS) is 1. The summed E-state index contributed by atoms with van der Waals surface area (Å²) >= 11 is 0. The van der Waals surface area contributed by atoms with Gasteiger partial charge in [-0.25, -0.2) is 8.42 Å². The van der Waals surface area contributed by atoms with E-state index < -0.39 is 15.8 Å². The lowest BCUT2D eigenvalue weighted by atomic mass is 9.80. The third-order valence-electron chi connectivity index (χ3n) is 3.03. The Labute approximate surface area is 108 Å². The molecule has 1 rings (SSSR count). The van der Waals surface area contributed by atoms with Crippen molar-refractivity contribution in [2.24, 2.45) is 0 Å². The van der Waals surface area contributed by atoms with E-state index in [1.807, 2.05) is 13.8 Å². The number of carbonyl (C=O) groups is 1. The molecule has 4 nitrogen and oxygen atoms in total. The predicted octanol–water partition coefficient (Wildman–Crippen LogP) is 2.23. The van der Waals surface area contributed by atoms with Crippen molar-refractivity contribution in [1.29, 1.82) is 0 Å². The summed E-state index contributed by atoms with van der Waals surface area (Å²) < 4.78 is 22.7. The summed E-state index contributed by atoms with van der Waals surface area (Å²) in [5.41, 5.74) is 0.658. The van der Waals surface area contributed by atoms with Gasteiger partial charge in [-0.15, -0.1) is 0 Å². The quantitative estimate of drug-likeness (QED) is 0.890. The van der Waals surface area contributed by atoms with E-state index in [0.29, 0.717) is 6.42 Å². The summed E-state index contributed by atoms with van der Waals surface area (Å²) in [6, 6.07) is 6.62. The maximum atomic E-state index is 11.3. The van der Waals surface area contributed by atoms with Crippen LogP contribution in [0.3, 0.4) is 0 Å². The Bertz CT molecular complexity index is 527. The molecule has 0 radical (unpaired) electrons. The lowest BCUT2D eigenvalue weighted by Gasteiger charge is -2.24. The maximum Gasteiger partial charge on any atom is 0.303 e. The topological polar surface area (TPSA) is 71.4 Å². The van der Waals surface area contributed by atoms with Gasteiger partial charge in [-0.3, -0.25) is 4.79 Å². The average Bonchev–Trinajstić information content (AvgIpc) is 2.26. The van der Waals surface area contributed by atoms with E-state index in [9.17, 15) is 13.2 Å². The minimum Gasteiger partial charge on any atom is -0.481 e. The molecule has 0 unspecified atom stereocenters. The Morgan fingerprint density at radius 1 is 1.22 bits per heavy atom. The number of hydrogen-bond acceptors (Lipinski definition) is 3. The van der Waals surface area contributed by atoms with E-state index in [4.69, 9.17) is 5.11 Å². The third kappa shape index (κ3) is 3.84. The molecule has 1 aromatic rings. The van der Waals surface area contributed by atoms with Crippen LogP contribution in [0.2, 0.25) is 0 Å². The van der Waals surface area contributed by atoms with Crippen LogP contribution >= 0.6 is 0 Å². The van der Waals surface area contributed by atoms with Crippen LogP contribution in [0.5, 0.6) is 0 Å². The van der Waals surface area contributed by atoms with E-state index in [2.05, 4.69) is 0 Å². The molecule has 0 spiro atoms. The molecule has 0 aromatic heterocycles. The highest BCUT2D eigenvalue weighted by molar-refractivity contribution is 7.90. The van der Waals surface area contributed by atoms with Crippen LogP contribution in [-0.4, -0.2) is 25.7 Å². The lowest BCUT2D eigenvalue weighted by molar-refractivity contribution is -0.137. The van der Waals surface area contributed by atoms with Gasteiger partial charge in [0, 0.05) is 12.7 Å². The average molecular weight is 270 g/mol. The van der Waals surface area contributed by atoms with Crippen molar-refractivity contribution in [3.63, 3.8) is 0 Å². The summed E-state index contributed by atoms with van der Waals surface area (Å²) in [6.07, 6.45) is 1.78. The van der Waals surface area contributed by atoms with Crippen LogP contribution in [0.4, 0.5) is 0 Å². The van der Waals surface area contributed by atoms with Gasteiger partial charge in [0.05, 0.1) is 4.90 Å². The molecule has 0 aliphatic rings. The second kappa shape index (κ2) is 5.10. The molecule has 0 fully saturated rings. The Morgan fingerprint density at radius 3 is 2.11 bits per heavy atom. The van der Waals surface area contributed by atoms with Gasteiger partial charge in [0.25, 0.3) is 0 Å². The maximum absolute atomic E-state index is 11.3. The molecule has 1 aromatic carbocycles. The lowest BCUT2D eigenvalue weighted by Crippen LogP contribution is -2.18. The second-order valence-electron chi connectivity index (χ2n) is 5.07. The molecule has 18 heavy (non-hydrogen) atoms. The highest BCUT2D eigenvalue weighted by Crippen LogP contribution is 2.29. The molecule has 0 bridgehead atoms. The smallest absolute Gasteiger partial charge is 0.303 e. The fourth-order valence-corrected chi connectivity index (χ4v) is 2.35. The van der Waals surface area contributed by atoms with Crippen LogP contribution in [0.1, 0.15) is 32.3 Å². The van der Waals surface area contributed by atoms with Crippen molar-refractivity contribution in [3.05, 3.63) is 29.8 Å². The Balaban J connectivity index is 2.94. The Hall–Kier alpha value is -1.36. The molecule has 0 saturated carbocycles. The number of sulfone groups is 1. The largest absolute Gasteiger partial charge is 0.481 e. The third-order valence-corrected chi connectivity index (χ3v) is 4.16. The van der Waals surface area contributed by atoms with Gasteiger partial charge in [-0.05, 0) is 29.5 Å². The Kier molecular flexibility index (Phi) is 4.16. The molecule has 0 atom stereocenters. The highest BCUT2D eigenvalue weighted by atomic mass is 32.2. The SMILES string of the molecule is CC(C)(CCC(=O)O)c1ccc(S(C)(=O)=O)cc1. The molecule has 0 aliphatic heterocycles. The molecule has 100 valence electrons. The van der Waals surface area contributed by atoms with E-state index in [1.165, 1.54) is 0 Å². The number of benzene rings is 1. The van der Waals surface area contributed by atoms with Crippen LogP contribution < -0.4 is 0 Å². The van der Waals surface area contributed by atoms with Crippen molar-refractivity contribution in [1.82, 2.24) is 0 Å². The fourth-order valence-electron chi connectivity index (χ4n) is 1.72. The first kappa shape index (κ1) is 14.7. The zero-order valence-electron chi connectivity index (χ0n) is 10.8. The van der Waals surface area contributed by atoms with Crippen molar-refractivity contribution in [3.8, 4) is 0 Å². The van der Waals surface area contributed by atoms with Crippen LogP contribution in [0.15, 0.2) is 29.2 Å². The molecule has 0 saturated heterocycles. The molecule has 0 amide bonds. The zero-order valence-corrected chi connectivity index (χ0v) is 11.6. The van der Waals surface area contributed by atoms with Crippen molar-refractivity contribution >= 4 is 15.8 Å². The van der Waals surface area contributed by atoms with Gasteiger partial charge in [0.15, 0.2) is 9.84 Å². The summed E-state index contributed by atoms with van der Waals surface area (Å²) in [5.74, 6) is -0.823. The number of aliphatic carboxylic acids is 1. The van der Waals surface area contributed by atoms with Crippen molar-refractivity contribution in [2.75, 3.05) is 6.26 Å². The van der Waals surface area contributed by atoms with Crippen molar-refractivity contribution < 1.29 is 18.3 Å². The van der Waals surface area contributed by atoms with Crippen molar-refractivity contribution in [2.45, 2.75) is 37.0 Å². The summed E-state index contributed by atoms with van der Waals surface area (Å²) in [4.78, 5) is 10.9. The van der Waals surface area contributed by atoms with Gasteiger partial charge < -0.3 is 5.11 Å². The first-order chi connectivity index (χ1) is 8.13. The second-order valence-corrected chi connectivity index (χ2v) is 7.09. The van der Waals surface area contributed by atoms with Crippen LogP contribution in [-0.2, 0) is 20.0 Å². The van der Waals surface area contributed by atoms with Gasteiger partial charge in [0.1, 0.15) is 0 Å². The molecule has 5 heteroatoms. The van der Waals surface area contributed by atoms with Gasteiger partial charge in [0.2, 0.25) is 0 Å². The molecule has 0 aliphatic carbocycles. The van der Waals surface area contributed by atoms with Gasteiger partial charge in [-0.1, -0.05) is 26.0 Å². The minimum absolute atomic E-state index is 0.0980. The molecular weight excluding hydrogens is 252 g/mol. The van der Waals surface area contributed by atoms with E-state index in [0.717, 1.165) is 11.8 Å². The summed E-state index contributed by atoms with van der Waals surface area (Å²) in [7, 11) is -3.18. The monoisotopic (exact) mass is 270 g/mol. The van der Waals surface area contributed by atoms with Crippen LogP contribution in [0.25, 0.3) is 0 Å². The number of hydrogen-bond donors (Lipinski definition) is 1. The molecule has 1 N–H and O–H groups in total. The Morgan fingerprint density at radius 2 is 1.72 bits per heavy atom. The minimum atomic E-state index is -3.18.